The van der Waals surface area contributed by atoms with Crippen LogP contribution in [0.25, 0.3) is 11.2 Å². The molecule has 1 unspecified atom stereocenters. The lowest BCUT2D eigenvalue weighted by molar-refractivity contribution is -0.166. The van der Waals surface area contributed by atoms with Gasteiger partial charge in [0.2, 0.25) is 5.91 Å². The van der Waals surface area contributed by atoms with Gasteiger partial charge in [0.05, 0.1) is 6.33 Å². The minimum Gasteiger partial charge on any atom is -0.329 e. The highest BCUT2D eigenvalue weighted by Gasteiger charge is 2.40. The summed E-state index contributed by atoms with van der Waals surface area (Å²) in [4.78, 5) is 41.8. The molecule has 1 saturated carbocycles. The van der Waals surface area contributed by atoms with E-state index in [1.807, 2.05) is 0 Å². The van der Waals surface area contributed by atoms with E-state index in [-0.39, 0.29) is 17.1 Å². The van der Waals surface area contributed by atoms with Gasteiger partial charge in [-0.1, -0.05) is 0 Å². The lowest BCUT2D eigenvalue weighted by Gasteiger charge is -2.30. The van der Waals surface area contributed by atoms with Crippen molar-refractivity contribution in [1.29, 1.82) is 0 Å². The van der Waals surface area contributed by atoms with Gasteiger partial charge in [-0.15, -0.1) is 0 Å². The van der Waals surface area contributed by atoms with E-state index in [4.69, 9.17) is 0 Å². The fraction of sp³-hybridized carbons (Fsp3) is 0.625. The first-order valence-corrected chi connectivity index (χ1v) is 8.48. The predicted molar refractivity (Wildman–Crippen MR) is 90.2 cm³/mol. The van der Waals surface area contributed by atoms with Crippen LogP contribution in [0.4, 0.5) is 13.2 Å². The zero-order valence-corrected chi connectivity index (χ0v) is 15.2. The van der Waals surface area contributed by atoms with Gasteiger partial charge in [-0.3, -0.25) is 18.7 Å². The number of aromatic nitrogens is 4. The molecule has 8 nitrogen and oxygen atoms in total. The van der Waals surface area contributed by atoms with Crippen molar-refractivity contribution >= 4 is 17.1 Å². The molecule has 0 N–H and O–H groups in total. The second kappa shape index (κ2) is 6.54. The topological polar surface area (TPSA) is 82.1 Å². The smallest absolute Gasteiger partial charge is 0.329 e. The molecule has 148 valence electrons. The average molecular weight is 387 g/mol. The standard InChI is InChI=1S/C16H20F3N5O3/c1-9(10-4-5-10)24(7-16(17,18)19)11(25)6-23-8-20-13-12(23)14(26)22(3)15(27)21(13)2/h8-10H,4-7H2,1-3H3. The molecule has 1 aliphatic carbocycles. The van der Waals surface area contributed by atoms with Crippen molar-refractivity contribution < 1.29 is 18.0 Å². The number of rotatable bonds is 5. The fourth-order valence-corrected chi connectivity index (χ4v) is 3.24. The number of carbonyl (C=O) groups excluding carboxylic acids is 1. The highest BCUT2D eigenvalue weighted by Crippen LogP contribution is 2.36. The number of amides is 1. The first-order chi connectivity index (χ1) is 12.5. The summed E-state index contributed by atoms with van der Waals surface area (Å²) in [5.74, 6) is -0.688. The molecule has 1 atom stereocenters. The number of aryl methyl sites for hydroxylation is 1. The highest BCUT2D eigenvalue weighted by molar-refractivity contribution is 5.79. The zero-order chi connectivity index (χ0) is 20.1. The van der Waals surface area contributed by atoms with E-state index in [1.54, 1.807) is 6.92 Å². The molecule has 27 heavy (non-hydrogen) atoms. The Bertz CT molecular complexity index is 1000. The van der Waals surface area contributed by atoms with Crippen LogP contribution in [0.3, 0.4) is 0 Å². The van der Waals surface area contributed by atoms with Gasteiger partial charge in [-0.2, -0.15) is 13.2 Å². The van der Waals surface area contributed by atoms with Crippen molar-refractivity contribution in [2.24, 2.45) is 20.0 Å². The molecule has 0 spiro atoms. The Hall–Kier alpha value is -2.59. The van der Waals surface area contributed by atoms with Crippen LogP contribution in [0, 0.1) is 5.92 Å². The molecule has 0 saturated heterocycles. The van der Waals surface area contributed by atoms with Crippen LogP contribution >= 0.6 is 0 Å². The third-order valence-electron chi connectivity index (χ3n) is 4.99. The number of hydrogen-bond donors (Lipinski definition) is 0. The van der Waals surface area contributed by atoms with Crippen molar-refractivity contribution in [1.82, 2.24) is 23.6 Å². The molecule has 0 radical (unpaired) electrons. The summed E-state index contributed by atoms with van der Waals surface area (Å²) in [6.07, 6.45) is -1.74. The molecule has 2 aromatic rings. The van der Waals surface area contributed by atoms with Gasteiger partial charge in [-0.05, 0) is 25.7 Å². The predicted octanol–water partition coefficient (Wildman–Crippen LogP) is 0.623. The summed E-state index contributed by atoms with van der Waals surface area (Å²) in [5.41, 5.74) is -1.16. The van der Waals surface area contributed by atoms with Crippen LogP contribution in [0.1, 0.15) is 19.8 Å². The van der Waals surface area contributed by atoms with Gasteiger partial charge in [0.15, 0.2) is 11.2 Å². The largest absolute Gasteiger partial charge is 0.406 e. The summed E-state index contributed by atoms with van der Waals surface area (Å²) in [6, 6.07) is -0.541. The Morgan fingerprint density at radius 1 is 1.30 bits per heavy atom. The van der Waals surface area contributed by atoms with Gasteiger partial charge in [0, 0.05) is 20.1 Å². The number of nitrogens with zero attached hydrogens (tertiary/aromatic N) is 5. The van der Waals surface area contributed by atoms with Crippen molar-refractivity contribution in [3.8, 4) is 0 Å². The Kier molecular flexibility index (Phi) is 4.64. The molecule has 0 aliphatic heterocycles. The molecule has 11 heteroatoms. The van der Waals surface area contributed by atoms with E-state index >= 15 is 0 Å². The number of hydrogen-bond acceptors (Lipinski definition) is 4. The lowest BCUT2D eigenvalue weighted by atomic mass is 10.1. The molecule has 2 heterocycles. The third kappa shape index (κ3) is 3.62. The highest BCUT2D eigenvalue weighted by atomic mass is 19.4. The zero-order valence-electron chi connectivity index (χ0n) is 15.2. The molecule has 1 aliphatic rings. The number of fused-ring (bicyclic) bond motifs is 1. The van der Waals surface area contributed by atoms with E-state index in [1.165, 1.54) is 25.0 Å². The average Bonchev–Trinajstić information content (AvgIpc) is 3.35. The summed E-state index contributed by atoms with van der Waals surface area (Å²) in [6.45, 7) is -0.195. The summed E-state index contributed by atoms with van der Waals surface area (Å²) in [5, 5.41) is 0. The van der Waals surface area contributed by atoms with Gasteiger partial charge in [-0.25, -0.2) is 9.78 Å². The van der Waals surface area contributed by atoms with Gasteiger partial charge < -0.3 is 9.47 Å². The molecular formula is C16H20F3N5O3. The number of alkyl halides is 3. The second-order valence-electron chi connectivity index (χ2n) is 6.97. The lowest BCUT2D eigenvalue weighted by Crippen LogP contribution is -2.47. The minimum atomic E-state index is -4.52. The first-order valence-electron chi connectivity index (χ1n) is 8.48. The Balaban J connectivity index is 1.96. The van der Waals surface area contributed by atoms with E-state index in [0.29, 0.717) is 0 Å². The molecular weight excluding hydrogens is 367 g/mol. The molecule has 0 aromatic carbocycles. The van der Waals surface area contributed by atoms with Crippen molar-refractivity contribution in [3.63, 3.8) is 0 Å². The monoisotopic (exact) mass is 387 g/mol. The fourth-order valence-electron chi connectivity index (χ4n) is 3.24. The van der Waals surface area contributed by atoms with E-state index in [9.17, 15) is 27.6 Å². The molecule has 2 aromatic heterocycles. The van der Waals surface area contributed by atoms with Crippen molar-refractivity contribution in [2.75, 3.05) is 6.54 Å². The molecule has 0 bridgehead atoms. The third-order valence-corrected chi connectivity index (χ3v) is 4.99. The van der Waals surface area contributed by atoms with Gasteiger partial charge in [0.25, 0.3) is 5.56 Å². The minimum absolute atomic E-state index is 0.000941. The van der Waals surface area contributed by atoms with Crippen LogP contribution < -0.4 is 11.2 Å². The first kappa shape index (κ1) is 19.2. The van der Waals surface area contributed by atoms with E-state index in [0.717, 1.165) is 26.9 Å². The van der Waals surface area contributed by atoms with Crippen molar-refractivity contribution in [3.05, 3.63) is 27.2 Å². The number of halogens is 3. The van der Waals surface area contributed by atoms with Crippen LogP contribution in [0.5, 0.6) is 0 Å². The van der Waals surface area contributed by atoms with Crippen LogP contribution in [-0.2, 0) is 25.4 Å². The van der Waals surface area contributed by atoms with Crippen molar-refractivity contribution in [2.45, 2.75) is 38.5 Å². The van der Waals surface area contributed by atoms with E-state index in [2.05, 4.69) is 4.98 Å². The summed E-state index contributed by atoms with van der Waals surface area (Å²) < 4.78 is 42.1. The Morgan fingerprint density at radius 3 is 2.48 bits per heavy atom. The summed E-state index contributed by atoms with van der Waals surface area (Å²) in [7, 11) is 2.71. The van der Waals surface area contributed by atoms with Gasteiger partial charge in [0.1, 0.15) is 13.1 Å². The Labute approximate surface area is 151 Å². The maximum Gasteiger partial charge on any atom is 0.406 e. The van der Waals surface area contributed by atoms with Gasteiger partial charge >= 0.3 is 11.9 Å². The normalized spacial score (nSPS) is 15.9. The second-order valence-corrected chi connectivity index (χ2v) is 6.97. The molecule has 1 fully saturated rings. The maximum absolute atomic E-state index is 13.0. The van der Waals surface area contributed by atoms with Crippen LogP contribution in [0.15, 0.2) is 15.9 Å². The number of imidazole rings is 1. The maximum atomic E-state index is 13.0. The summed E-state index contributed by atoms with van der Waals surface area (Å²) >= 11 is 0. The molecule has 3 rings (SSSR count). The van der Waals surface area contributed by atoms with E-state index < -0.39 is 42.5 Å². The van der Waals surface area contributed by atoms with Crippen LogP contribution in [-0.4, -0.2) is 48.3 Å². The Morgan fingerprint density at radius 2 is 1.93 bits per heavy atom. The van der Waals surface area contributed by atoms with Crippen LogP contribution in [0.2, 0.25) is 0 Å². The SMILES string of the molecule is CC(C1CC1)N(CC(F)(F)F)C(=O)Cn1cnc2c1c(=O)n(C)c(=O)n2C. The number of carbonyl (C=O) groups is 1. The molecule has 1 amide bonds. The quantitative estimate of drug-likeness (QED) is 0.753.